The van der Waals surface area contributed by atoms with Crippen molar-refractivity contribution < 1.29 is 14.4 Å². The van der Waals surface area contributed by atoms with Gasteiger partial charge < -0.3 is 10.6 Å². The second kappa shape index (κ2) is 7.85. The first-order valence-electron chi connectivity index (χ1n) is 10.4. The van der Waals surface area contributed by atoms with Gasteiger partial charge in [-0.05, 0) is 36.1 Å². The zero-order valence-electron chi connectivity index (χ0n) is 16.7. The minimum atomic E-state index is -1.19. The van der Waals surface area contributed by atoms with Gasteiger partial charge in [0.2, 0.25) is 5.91 Å². The molecule has 2 aliphatic rings. The van der Waals surface area contributed by atoms with E-state index in [0.29, 0.717) is 0 Å². The third kappa shape index (κ3) is 3.71. The van der Waals surface area contributed by atoms with Gasteiger partial charge >= 0.3 is 6.03 Å². The molecule has 6 nitrogen and oxygen atoms in total. The first-order valence-corrected chi connectivity index (χ1v) is 10.4. The summed E-state index contributed by atoms with van der Waals surface area (Å²) in [6, 6.07) is 13.1. The molecule has 152 valence electrons. The predicted molar refractivity (Wildman–Crippen MR) is 111 cm³/mol. The monoisotopic (exact) mass is 393 g/mol. The summed E-state index contributed by atoms with van der Waals surface area (Å²) in [5.74, 6) is -0.669. The van der Waals surface area contributed by atoms with E-state index in [0.717, 1.165) is 46.9 Å². The minimum Gasteiger partial charge on any atom is -0.352 e. The zero-order chi connectivity index (χ0) is 20.4. The van der Waals surface area contributed by atoms with Crippen LogP contribution < -0.4 is 10.6 Å². The van der Waals surface area contributed by atoms with Crippen LogP contribution in [0.1, 0.15) is 51.0 Å². The lowest BCUT2D eigenvalue weighted by molar-refractivity contribution is -0.135. The molecule has 2 aromatic rings. The number of benzene rings is 2. The van der Waals surface area contributed by atoms with E-state index in [9.17, 15) is 14.4 Å². The molecule has 1 saturated carbocycles. The van der Waals surface area contributed by atoms with Crippen LogP contribution in [0.15, 0.2) is 42.5 Å². The number of carbonyl (C=O) groups excluding carboxylic acids is 3. The fourth-order valence-corrected chi connectivity index (χ4v) is 4.53. The van der Waals surface area contributed by atoms with Crippen molar-refractivity contribution in [1.82, 2.24) is 15.5 Å². The smallest absolute Gasteiger partial charge is 0.325 e. The summed E-state index contributed by atoms with van der Waals surface area (Å²) in [6.07, 6.45) is 6.52. The van der Waals surface area contributed by atoms with Crippen LogP contribution in [0.2, 0.25) is 0 Å². The summed E-state index contributed by atoms with van der Waals surface area (Å²) in [5.41, 5.74) is -0.457. The number of hydrogen-bond donors (Lipinski definition) is 2. The number of carbonyl (C=O) groups is 3. The SMILES string of the molecule is CC1(c2cccc3ccccc23)NC(=O)N(CC(=O)NC2CCCCCC2)C1=O. The van der Waals surface area contributed by atoms with E-state index in [1.807, 2.05) is 42.5 Å². The highest BCUT2D eigenvalue weighted by atomic mass is 16.2. The molecule has 2 aromatic carbocycles. The molecule has 1 atom stereocenters. The number of nitrogens with one attached hydrogen (secondary N) is 2. The van der Waals surface area contributed by atoms with Gasteiger partial charge in [-0.1, -0.05) is 68.1 Å². The van der Waals surface area contributed by atoms with Crippen LogP contribution in [0.5, 0.6) is 0 Å². The Hall–Kier alpha value is -2.89. The van der Waals surface area contributed by atoms with Gasteiger partial charge in [0, 0.05) is 6.04 Å². The van der Waals surface area contributed by atoms with E-state index in [2.05, 4.69) is 10.6 Å². The summed E-state index contributed by atoms with van der Waals surface area (Å²) in [4.78, 5) is 39.4. The predicted octanol–water partition coefficient (Wildman–Crippen LogP) is 3.45. The van der Waals surface area contributed by atoms with E-state index < -0.39 is 17.5 Å². The van der Waals surface area contributed by atoms with Crippen molar-refractivity contribution in [3.8, 4) is 0 Å². The fraction of sp³-hybridized carbons (Fsp3) is 0.435. The van der Waals surface area contributed by atoms with Crippen LogP contribution in [-0.4, -0.2) is 35.3 Å². The van der Waals surface area contributed by atoms with E-state index >= 15 is 0 Å². The molecule has 0 radical (unpaired) electrons. The summed E-state index contributed by atoms with van der Waals surface area (Å²) in [7, 11) is 0. The summed E-state index contributed by atoms with van der Waals surface area (Å²) < 4.78 is 0. The highest BCUT2D eigenvalue weighted by Gasteiger charge is 2.50. The van der Waals surface area contributed by atoms with Crippen molar-refractivity contribution >= 4 is 28.6 Å². The Balaban J connectivity index is 1.53. The number of amides is 4. The van der Waals surface area contributed by atoms with E-state index in [-0.39, 0.29) is 18.5 Å². The molecule has 1 aliphatic carbocycles. The van der Waals surface area contributed by atoms with E-state index in [4.69, 9.17) is 0 Å². The van der Waals surface area contributed by atoms with Gasteiger partial charge in [0.15, 0.2) is 0 Å². The van der Waals surface area contributed by atoms with Crippen molar-refractivity contribution in [2.75, 3.05) is 6.54 Å². The van der Waals surface area contributed by atoms with E-state index in [1.165, 1.54) is 12.8 Å². The summed E-state index contributed by atoms with van der Waals surface area (Å²) in [5, 5.41) is 7.74. The van der Waals surface area contributed by atoms with Crippen LogP contribution in [0.4, 0.5) is 4.79 Å². The molecule has 4 amide bonds. The van der Waals surface area contributed by atoms with Gasteiger partial charge in [-0.15, -0.1) is 0 Å². The Morgan fingerprint density at radius 2 is 1.76 bits per heavy atom. The van der Waals surface area contributed by atoms with Crippen LogP contribution in [0.3, 0.4) is 0 Å². The maximum absolute atomic E-state index is 13.2. The van der Waals surface area contributed by atoms with Crippen molar-refractivity contribution in [3.63, 3.8) is 0 Å². The molecule has 1 saturated heterocycles. The Labute approximate surface area is 170 Å². The van der Waals surface area contributed by atoms with Crippen LogP contribution in [-0.2, 0) is 15.1 Å². The zero-order valence-corrected chi connectivity index (χ0v) is 16.7. The van der Waals surface area contributed by atoms with Crippen molar-refractivity contribution in [2.24, 2.45) is 0 Å². The van der Waals surface area contributed by atoms with Gasteiger partial charge in [-0.3, -0.25) is 14.5 Å². The van der Waals surface area contributed by atoms with Crippen LogP contribution in [0, 0.1) is 0 Å². The molecule has 1 aliphatic heterocycles. The van der Waals surface area contributed by atoms with E-state index in [1.54, 1.807) is 6.92 Å². The topological polar surface area (TPSA) is 78.5 Å². The standard InChI is InChI=1S/C23H27N3O3/c1-23(19-14-8-10-16-9-6-7-13-18(16)19)21(28)26(22(29)25-23)15-20(27)24-17-11-4-2-3-5-12-17/h6-10,13-14,17H,2-5,11-12,15H2,1H3,(H,24,27)(H,25,29). The Morgan fingerprint density at radius 3 is 2.52 bits per heavy atom. The second-order valence-corrected chi connectivity index (χ2v) is 8.23. The van der Waals surface area contributed by atoms with Gasteiger partial charge in [0.1, 0.15) is 12.1 Å². The highest BCUT2D eigenvalue weighted by molar-refractivity contribution is 6.10. The molecule has 2 fully saturated rings. The van der Waals surface area contributed by atoms with Crippen LogP contribution in [0.25, 0.3) is 10.8 Å². The maximum atomic E-state index is 13.2. The Bertz CT molecular complexity index is 944. The molecular formula is C23H27N3O3. The molecule has 29 heavy (non-hydrogen) atoms. The first kappa shape index (κ1) is 19.4. The fourth-order valence-electron chi connectivity index (χ4n) is 4.53. The minimum absolute atomic E-state index is 0.134. The van der Waals surface area contributed by atoms with Crippen LogP contribution >= 0.6 is 0 Å². The Kier molecular flexibility index (Phi) is 5.26. The second-order valence-electron chi connectivity index (χ2n) is 8.23. The lowest BCUT2D eigenvalue weighted by atomic mass is 9.88. The number of fused-ring (bicyclic) bond motifs is 1. The number of hydrogen-bond acceptors (Lipinski definition) is 3. The molecule has 0 aromatic heterocycles. The average molecular weight is 393 g/mol. The molecule has 6 heteroatoms. The van der Waals surface area contributed by atoms with Gasteiger partial charge in [0.25, 0.3) is 5.91 Å². The van der Waals surface area contributed by atoms with Gasteiger partial charge in [-0.2, -0.15) is 0 Å². The molecule has 1 unspecified atom stereocenters. The molecule has 2 N–H and O–H groups in total. The van der Waals surface area contributed by atoms with Crippen molar-refractivity contribution in [3.05, 3.63) is 48.0 Å². The van der Waals surface area contributed by atoms with Gasteiger partial charge in [-0.25, -0.2) is 4.79 Å². The maximum Gasteiger partial charge on any atom is 0.325 e. The van der Waals surface area contributed by atoms with Crippen molar-refractivity contribution in [2.45, 2.75) is 57.0 Å². The normalized spacial score (nSPS) is 23.1. The molecule has 0 bridgehead atoms. The first-order chi connectivity index (χ1) is 14.0. The highest BCUT2D eigenvalue weighted by Crippen LogP contribution is 2.33. The molecule has 0 spiro atoms. The quantitative estimate of drug-likeness (QED) is 0.617. The average Bonchev–Trinajstić information content (AvgIpc) is 2.90. The number of urea groups is 1. The third-order valence-corrected chi connectivity index (χ3v) is 6.13. The Morgan fingerprint density at radius 1 is 1.07 bits per heavy atom. The summed E-state index contributed by atoms with van der Waals surface area (Å²) >= 11 is 0. The largest absolute Gasteiger partial charge is 0.352 e. The van der Waals surface area contributed by atoms with Gasteiger partial charge in [0.05, 0.1) is 0 Å². The third-order valence-electron chi connectivity index (χ3n) is 6.13. The molecule has 4 rings (SSSR count). The molecule has 1 heterocycles. The summed E-state index contributed by atoms with van der Waals surface area (Å²) in [6.45, 7) is 1.46. The number of rotatable bonds is 4. The molecular weight excluding hydrogens is 366 g/mol. The number of imide groups is 1. The lowest BCUT2D eigenvalue weighted by Gasteiger charge is -2.24. The lowest BCUT2D eigenvalue weighted by Crippen LogP contribution is -2.45. The number of nitrogens with zero attached hydrogens (tertiary/aromatic N) is 1. The van der Waals surface area contributed by atoms with Crippen molar-refractivity contribution in [1.29, 1.82) is 0 Å².